The van der Waals surface area contributed by atoms with Crippen molar-refractivity contribution in [2.75, 3.05) is 7.11 Å². The molecule has 1 heterocycles. The summed E-state index contributed by atoms with van der Waals surface area (Å²) in [4.78, 5) is 4.31. The molecular weight excluding hydrogens is 228 g/mol. The molecule has 18 heavy (non-hydrogen) atoms. The molecule has 1 aromatic rings. The quantitative estimate of drug-likeness (QED) is 0.767. The SMILES string of the molecule is CCCn1ncnc1CC(N)C(CC)(CC)OC. The molecule has 1 atom stereocenters. The second-order valence-electron chi connectivity index (χ2n) is 4.69. The van der Waals surface area contributed by atoms with Gasteiger partial charge in [-0.25, -0.2) is 4.98 Å². The van der Waals surface area contributed by atoms with Crippen molar-refractivity contribution in [3.8, 4) is 0 Å². The lowest BCUT2D eigenvalue weighted by atomic mass is 9.86. The molecule has 0 saturated heterocycles. The molecule has 1 rings (SSSR count). The van der Waals surface area contributed by atoms with E-state index in [1.807, 2.05) is 4.68 Å². The van der Waals surface area contributed by atoms with E-state index in [-0.39, 0.29) is 11.6 Å². The predicted octanol–water partition coefficient (Wildman–Crippen LogP) is 1.76. The first-order valence-electron chi connectivity index (χ1n) is 6.80. The predicted molar refractivity (Wildman–Crippen MR) is 72.3 cm³/mol. The number of nitrogens with two attached hydrogens (primary N) is 1. The number of methoxy groups -OCH3 is 1. The zero-order valence-electron chi connectivity index (χ0n) is 12.0. The van der Waals surface area contributed by atoms with Crippen LogP contribution in [0, 0.1) is 0 Å². The summed E-state index contributed by atoms with van der Waals surface area (Å²) in [6, 6.07) is -0.0580. The normalized spacial score (nSPS) is 13.8. The number of aryl methyl sites for hydroxylation is 1. The molecule has 0 radical (unpaired) electrons. The van der Waals surface area contributed by atoms with Crippen LogP contribution >= 0.6 is 0 Å². The van der Waals surface area contributed by atoms with Crippen molar-refractivity contribution in [1.82, 2.24) is 14.8 Å². The van der Waals surface area contributed by atoms with E-state index in [9.17, 15) is 0 Å². The second kappa shape index (κ2) is 6.85. The second-order valence-corrected chi connectivity index (χ2v) is 4.69. The minimum Gasteiger partial charge on any atom is -0.377 e. The van der Waals surface area contributed by atoms with Crippen molar-refractivity contribution in [1.29, 1.82) is 0 Å². The molecule has 1 unspecified atom stereocenters. The summed E-state index contributed by atoms with van der Waals surface area (Å²) in [5.74, 6) is 0.952. The van der Waals surface area contributed by atoms with Gasteiger partial charge in [-0.05, 0) is 19.3 Å². The Morgan fingerprint density at radius 3 is 2.56 bits per heavy atom. The molecule has 0 aliphatic rings. The standard InChI is InChI=1S/C13H26N4O/c1-5-8-17-12(15-10-16-17)9-11(14)13(6-2,7-3)18-4/h10-11H,5-9,14H2,1-4H3. The number of rotatable bonds is 8. The van der Waals surface area contributed by atoms with Crippen molar-refractivity contribution >= 4 is 0 Å². The molecule has 5 heteroatoms. The Morgan fingerprint density at radius 1 is 1.39 bits per heavy atom. The molecular formula is C13H26N4O. The molecule has 2 N–H and O–H groups in total. The fourth-order valence-corrected chi connectivity index (χ4v) is 2.44. The van der Waals surface area contributed by atoms with Crippen molar-refractivity contribution in [3.63, 3.8) is 0 Å². The lowest BCUT2D eigenvalue weighted by Crippen LogP contribution is -2.50. The highest BCUT2D eigenvalue weighted by molar-refractivity contribution is 4.97. The van der Waals surface area contributed by atoms with Gasteiger partial charge in [0.05, 0.1) is 5.60 Å². The number of aromatic nitrogens is 3. The van der Waals surface area contributed by atoms with Crippen molar-refractivity contribution in [2.24, 2.45) is 5.73 Å². The monoisotopic (exact) mass is 254 g/mol. The molecule has 5 nitrogen and oxygen atoms in total. The lowest BCUT2D eigenvalue weighted by Gasteiger charge is -2.36. The van der Waals surface area contributed by atoms with Crippen LogP contribution in [-0.2, 0) is 17.7 Å². The highest BCUT2D eigenvalue weighted by atomic mass is 16.5. The summed E-state index contributed by atoms with van der Waals surface area (Å²) in [7, 11) is 1.74. The van der Waals surface area contributed by atoms with Gasteiger partial charge in [0.25, 0.3) is 0 Å². The van der Waals surface area contributed by atoms with Crippen LogP contribution in [0.4, 0.5) is 0 Å². The van der Waals surface area contributed by atoms with E-state index >= 15 is 0 Å². The van der Waals surface area contributed by atoms with Crippen molar-refractivity contribution in [3.05, 3.63) is 12.2 Å². The molecule has 0 saturated carbocycles. The van der Waals surface area contributed by atoms with E-state index in [1.54, 1.807) is 13.4 Å². The zero-order valence-corrected chi connectivity index (χ0v) is 12.0. The summed E-state index contributed by atoms with van der Waals surface area (Å²) in [6.45, 7) is 7.25. The summed E-state index contributed by atoms with van der Waals surface area (Å²) in [5, 5.41) is 4.23. The van der Waals surface area contributed by atoms with E-state index in [1.165, 1.54) is 0 Å². The van der Waals surface area contributed by atoms with Gasteiger partial charge in [0.2, 0.25) is 0 Å². The zero-order chi connectivity index (χ0) is 13.6. The first-order valence-corrected chi connectivity index (χ1v) is 6.80. The number of hydrogen-bond acceptors (Lipinski definition) is 4. The Labute approximate surface area is 110 Å². The molecule has 0 aromatic carbocycles. The van der Waals surface area contributed by atoms with Gasteiger partial charge in [0.1, 0.15) is 12.2 Å². The maximum Gasteiger partial charge on any atom is 0.138 e. The van der Waals surface area contributed by atoms with Gasteiger partial charge in [-0.1, -0.05) is 20.8 Å². The van der Waals surface area contributed by atoms with Crippen LogP contribution < -0.4 is 5.73 Å². The van der Waals surface area contributed by atoms with E-state index in [2.05, 4.69) is 30.9 Å². The Kier molecular flexibility index (Phi) is 5.75. The average Bonchev–Trinajstić information content (AvgIpc) is 2.80. The Balaban J connectivity index is 2.79. The van der Waals surface area contributed by atoms with E-state index in [0.717, 1.165) is 31.6 Å². The van der Waals surface area contributed by atoms with Gasteiger partial charge in [-0.15, -0.1) is 0 Å². The highest BCUT2D eigenvalue weighted by Gasteiger charge is 2.34. The van der Waals surface area contributed by atoms with Gasteiger partial charge >= 0.3 is 0 Å². The fraction of sp³-hybridized carbons (Fsp3) is 0.846. The number of ether oxygens (including phenoxy) is 1. The Morgan fingerprint density at radius 2 is 2.06 bits per heavy atom. The van der Waals surface area contributed by atoms with Gasteiger partial charge in [-0.3, -0.25) is 4.68 Å². The van der Waals surface area contributed by atoms with Crippen LogP contribution in [0.3, 0.4) is 0 Å². The topological polar surface area (TPSA) is 66.0 Å². The van der Waals surface area contributed by atoms with E-state index < -0.39 is 0 Å². The lowest BCUT2D eigenvalue weighted by molar-refractivity contribution is -0.0380. The first-order chi connectivity index (χ1) is 8.63. The molecule has 1 aromatic heterocycles. The largest absolute Gasteiger partial charge is 0.377 e. The average molecular weight is 254 g/mol. The van der Waals surface area contributed by atoms with Crippen LogP contribution in [0.25, 0.3) is 0 Å². The third-order valence-electron chi connectivity index (χ3n) is 3.81. The van der Waals surface area contributed by atoms with Gasteiger partial charge in [0, 0.05) is 26.1 Å². The van der Waals surface area contributed by atoms with E-state index in [4.69, 9.17) is 10.5 Å². The van der Waals surface area contributed by atoms with Gasteiger partial charge in [-0.2, -0.15) is 5.10 Å². The third kappa shape index (κ3) is 3.09. The highest BCUT2D eigenvalue weighted by Crippen LogP contribution is 2.24. The molecule has 0 bridgehead atoms. The van der Waals surface area contributed by atoms with Gasteiger partial charge in [0.15, 0.2) is 0 Å². The van der Waals surface area contributed by atoms with Crippen molar-refractivity contribution < 1.29 is 4.74 Å². The minimum atomic E-state index is -0.261. The number of nitrogens with zero attached hydrogens (tertiary/aromatic N) is 3. The fourth-order valence-electron chi connectivity index (χ4n) is 2.44. The van der Waals surface area contributed by atoms with Crippen LogP contribution in [0.15, 0.2) is 6.33 Å². The smallest absolute Gasteiger partial charge is 0.138 e. The summed E-state index contributed by atoms with van der Waals surface area (Å²) in [6.07, 6.45) is 5.16. The van der Waals surface area contributed by atoms with E-state index in [0.29, 0.717) is 6.42 Å². The summed E-state index contributed by atoms with van der Waals surface area (Å²) >= 11 is 0. The van der Waals surface area contributed by atoms with Crippen LogP contribution in [0.5, 0.6) is 0 Å². The summed E-state index contributed by atoms with van der Waals surface area (Å²) < 4.78 is 7.60. The Bertz CT molecular complexity index is 338. The van der Waals surface area contributed by atoms with Gasteiger partial charge < -0.3 is 10.5 Å². The number of hydrogen-bond donors (Lipinski definition) is 1. The Hall–Kier alpha value is -0.940. The maximum absolute atomic E-state index is 6.33. The molecule has 0 fully saturated rings. The molecule has 0 amide bonds. The maximum atomic E-state index is 6.33. The summed E-state index contributed by atoms with van der Waals surface area (Å²) in [5.41, 5.74) is 6.07. The minimum absolute atomic E-state index is 0.0580. The molecule has 104 valence electrons. The van der Waals surface area contributed by atoms with Crippen LogP contribution in [-0.4, -0.2) is 33.5 Å². The molecule has 0 aliphatic carbocycles. The van der Waals surface area contributed by atoms with Crippen LogP contribution in [0.2, 0.25) is 0 Å². The first kappa shape index (κ1) is 15.1. The third-order valence-corrected chi connectivity index (χ3v) is 3.81. The molecule has 0 aliphatic heterocycles. The van der Waals surface area contributed by atoms with Crippen molar-refractivity contribution in [2.45, 2.75) is 64.6 Å². The van der Waals surface area contributed by atoms with Crippen LogP contribution in [0.1, 0.15) is 45.9 Å². The molecule has 0 spiro atoms.